The maximum absolute atomic E-state index is 13.5. The number of methoxy groups -OCH3 is 1. The molecule has 2 rings (SSSR count). The van der Waals surface area contributed by atoms with Crippen molar-refractivity contribution in [3.8, 4) is 5.75 Å². The molecule has 0 radical (unpaired) electrons. The number of benzene rings is 2. The van der Waals surface area contributed by atoms with Crippen LogP contribution in [0, 0.1) is 5.82 Å². The first-order valence-electron chi connectivity index (χ1n) is 6.72. The molecule has 2 aromatic rings. The molecular formula is C17H15FN2O3. The van der Waals surface area contributed by atoms with Crippen molar-refractivity contribution in [1.82, 2.24) is 0 Å². The summed E-state index contributed by atoms with van der Waals surface area (Å²) in [6, 6.07) is 10.5. The summed E-state index contributed by atoms with van der Waals surface area (Å²) in [6.07, 6.45) is 2.76. The van der Waals surface area contributed by atoms with Gasteiger partial charge in [0.25, 0.3) is 0 Å². The van der Waals surface area contributed by atoms with E-state index in [2.05, 4.69) is 5.32 Å². The van der Waals surface area contributed by atoms with Gasteiger partial charge in [-0.1, -0.05) is 6.07 Å². The Balaban J connectivity index is 2.01. The molecule has 23 heavy (non-hydrogen) atoms. The minimum absolute atomic E-state index is 0.140. The second-order valence-electron chi connectivity index (χ2n) is 4.66. The van der Waals surface area contributed by atoms with E-state index in [1.54, 1.807) is 18.2 Å². The van der Waals surface area contributed by atoms with Crippen molar-refractivity contribution in [1.29, 1.82) is 0 Å². The topological polar surface area (TPSA) is 81.4 Å². The van der Waals surface area contributed by atoms with E-state index in [0.29, 0.717) is 16.8 Å². The number of hydrogen-bond acceptors (Lipinski definition) is 3. The molecule has 2 amide bonds. The molecule has 0 aliphatic carbocycles. The Morgan fingerprint density at radius 1 is 1.17 bits per heavy atom. The van der Waals surface area contributed by atoms with E-state index in [4.69, 9.17) is 10.5 Å². The minimum Gasteiger partial charge on any atom is -0.494 e. The van der Waals surface area contributed by atoms with Crippen molar-refractivity contribution in [3.05, 3.63) is 65.5 Å². The fourth-order valence-corrected chi connectivity index (χ4v) is 1.86. The van der Waals surface area contributed by atoms with Crippen molar-refractivity contribution in [2.45, 2.75) is 0 Å². The van der Waals surface area contributed by atoms with Gasteiger partial charge in [-0.2, -0.15) is 0 Å². The third-order valence-corrected chi connectivity index (χ3v) is 3.04. The van der Waals surface area contributed by atoms with Gasteiger partial charge < -0.3 is 15.8 Å². The van der Waals surface area contributed by atoms with Gasteiger partial charge in [0.05, 0.1) is 7.11 Å². The van der Waals surface area contributed by atoms with E-state index in [-0.39, 0.29) is 11.7 Å². The lowest BCUT2D eigenvalue weighted by Gasteiger charge is -2.03. The van der Waals surface area contributed by atoms with Gasteiger partial charge in [-0.3, -0.25) is 9.59 Å². The number of rotatable bonds is 5. The van der Waals surface area contributed by atoms with Crippen LogP contribution >= 0.6 is 0 Å². The van der Waals surface area contributed by atoms with Gasteiger partial charge in [0.1, 0.15) is 0 Å². The van der Waals surface area contributed by atoms with Crippen molar-refractivity contribution in [2.24, 2.45) is 5.73 Å². The quantitative estimate of drug-likeness (QED) is 0.832. The molecule has 5 nitrogen and oxygen atoms in total. The predicted molar refractivity (Wildman–Crippen MR) is 85.6 cm³/mol. The molecule has 0 saturated carbocycles. The zero-order valence-electron chi connectivity index (χ0n) is 12.4. The van der Waals surface area contributed by atoms with E-state index in [1.807, 2.05) is 0 Å². The molecule has 0 aliphatic rings. The number of ether oxygens (including phenoxy) is 1. The zero-order valence-corrected chi connectivity index (χ0v) is 12.4. The Morgan fingerprint density at radius 2 is 1.87 bits per heavy atom. The smallest absolute Gasteiger partial charge is 0.248 e. The van der Waals surface area contributed by atoms with Gasteiger partial charge in [-0.25, -0.2) is 4.39 Å². The Kier molecular flexibility index (Phi) is 5.09. The summed E-state index contributed by atoms with van der Waals surface area (Å²) in [4.78, 5) is 22.8. The fourth-order valence-electron chi connectivity index (χ4n) is 1.86. The summed E-state index contributed by atoms with van der Waals surface area (Å²) in [5.41, 5.74) is 6.54. The van der Waals surface area contributed by atoms with Crippen molar-refractivity contribution in [2.75, 3.05) is 12.4 Å². The summed E-state index contributed by atoms with van der Waals surface area (Å²) in [5.74, 6) is -1.28. The molecule has 3 N–H and O–H groups in total. The average Bonchev–Trinajstić information content (AvgIpc) is 2.53. The van der Waals surface area contributed by atoms with Crippen LogP contribution in [-0.4, -0.2) is 18.9 Å². The zero-order chi connectivity index (χ0) is 16.8. The van der Waals surface area contributed by atoms with E-state index in [1.165, 1.54) is 43.5 Å². The number of nitrogens with two attached hydrogens (primary N) is 1. The van der Waals surface area contributed by atoms with Crippen LogP contribution in [0.1, 0.15) is 15.9 Å². The summed E-state index contributed by atoms with van der Waals surface area (Å²) < 4.78 is 18.3. The van der Waals surface area contributed by atoms with Crippen LogP contribution in [0.3, 0.4) is 0 Å². The third kappa shape index (κ3) is 4.41. The largest absolute Gasteiger partial charge is 0.494 e. The number of hydrogen-bond donors (Lipinski definition) is 2. The lowest BCUT2D eigenvalue weighted by molar-refractivity contribution is -0.111. The Hall–Kier alpha value is -3.15. The molecule has 0 aliphatic heterocycles. The molecule has 118 valence electrons. The van der Waals surface area contributed by atoms with Crippen molar-refractivity contribution in [3.63, 3.8) is 0 Å². The van der Waals surface area contributed by atoms with E-state index >= 15 is 0 Å². The fraction of sp³-hybridized carbons (Fsp3) is 0.0588. The van der Waals surface area contributed by atoms with Gasteiger partial charge in [0.2, 0.25) is 11.8 Å². The molecule has 0 bridgehead atoms. The number of nitrogens with one attached hydrogen (secondary N) is 1. The Labute approximate surface area is 132 Å². The monoisotopic (exact) mass is 314 g/mol. The molecule has 0 unspecified atom stereocenters. The number of carbonyl (C=O) groups excluding carboxylic acids is 2. The maximum Gasteiger partial charge on any atom is 0.248 e. The molecule has 0 fully saturated rings. The molecule has 0 spiro atoms. The summed E-state index contributed by atoms with van der Waals surface area (Å²) >= 11 is 0. The minimum atomic E-state index is -0.538. The SMILES string of the molecule is COc1ccc(/C=C/C(=O)Nc2ccc(C(N)=O)cc2)cc1F. The van der Waals surface area contributed by atoms with Gasteiger partial charge in [0, 0.05) is 17.3 Å². The van der Waals surface area contributed by atoms with E-state index < -0.39 is 11.7 Å². The molecule has 2 aromatic carbocycles. The predicted octanol–water partition coefficient (Wildman–Crippen LogP) is 2.59. The van der Waals surface area contributed by atoms with Crippen molar-refractivity contribution >= 4 is 23.6 Å². The summed E-state index contributed by atoms with van der Waals surface area (Å²) in [6.45, 7) is 0. The summed E-state index contributed by atoms with van der Waals surface area (Å²) in [7, 11) is 1.38. The molecule has 0 atom stereocenters. The highest BCUT2D eigenvalue weighted by atomic mass is 19.1. The first-order valence-corrected chi connectivity index (χ1v) is 6.72. The maximum atomic E-state index is 13.5. The second kappa shape index (κ2) is 7.22. The van der Waals surface area contributed by atoms with Gasteiger partial charge in [0.15, 0.2) is 11.6 Å². The first-order chi connectivity index (χ1) is 11.0. The van der Waals surface area contributed by atoms with E-state index in [0.717, 1.165) is 0 Å². The highest BCUT2D eigenvalue weighted by Crippen LogP contribution is 2.18. The molecule has 6 heteroatoms. The number of amides is 2. The second-order valence-corrected chi connectivity index (χ2v) is 4.66. The van der Waals surface area contributed by atoms with E-state index in [9.17, 15) is 14.0 Å². The molecule has 0 aromatic heterocycles. The van der Waals surface area contributed by atoms with Crippen LogP contribution in [0.5, 0.6) is 5.75 Å². The number of primary amides is 1. The summed E-state index contributed by atoms with van der Waals surface area (Å²) in [5, 5.41) is 2.62. The highest BCUT2D eigenvalue weighted by Gasteiger charge is 2.03. The lowest BCUT2D eigenvalue weighted by Crippen LogP contribution is -2.11. The number of anilines is 1. The Morgan fingerprint density at radius 3 is 2.43 bits per heavy atom. The van der Waals surface area contributed by atoms with Crippen LogP contribution in [0.4, 0.5) is 10.1 Å². The van der Waals surface area contributed by atoms with Crippen molar-refractivity contribution < 1.29 is 18.7 Å². The first kappa shape index (κ1) is 16.2. The number of carbonyl (C=O) groups is 2. The standard InChI is InChI=1S/C17H15FN2O3/c1-23-15-8-2-11(10-14(15)18)3-9-16(21)20-13-6-4-12(5-7-13)17(19)22/h2-10H,1H3,(H2,19,22)(H,20,21)/b9-3+. The third-order valence-electron chi connectivity index (χ3n) is 3.04. The van der Waals surface area contributed by atoms with Crippen LogP contribution in [0.2, 0.25) is 0 Å². The van der Waals surface area contributed by atoms with Gasteiger partial charge in [-0.05, 0) is 48.0 Å². The number of halogens is 1. The average molecular weight is 314 g/mol. The molecular weight excluding hydrogens is 299 g/mol. The van der Waals surface area contributed by atoms with Crippen LogP contribution in [0.25, 0.3) is 6.08 Å². The lowest BCUT2D eigenvalue weighted by atomic mass is 10.2. The normalized spacial score (nSPS) is 10.5. The van der Waals surface area contributed by atoms with Crippen LogP contribution in [-0.2, 0) is 4.79 Å². The molecule has 0 heterocycles. The Bertz CT molecular complexity index is 755. The van der Waals surface area contributed by atoms with Gasteiger partial charge in [-0.15, -0.1) is 0 Å². The van der Waals surface area contributed by atoms with Gasteiger partial charge >= 0.3 is 0 Å². The molecule has 0 saturated heterocycles. The highest BCUT2D eigenvalue weighted by molar-refractivity contribution is 6.02. The van der Waals surface area contributed by atoms with Crippen LogP contribution < -0.4 is 15.8 Å². The van der Waals surface area contributed by atoms with Crippen LogP contribution in [0.15, 0.2) is 48.5 Å².